The Hall–Kier alpha value is -2.56. The molecule has 1 saturated heterocycles. The zero-order valence-corrected chi connectivity index (χ0v) is 16.6. The fourth-order valence-electron chi connectivity index (χ4n) is 3.42. The summed E-state index contributed by atoms with van der Waals surface area (Å²) in [5.74, 6) is -0.586. The minimum absolute atomic E-state index is 0.168. The van der Waals surface area contributed by atoms with Crippen LogP contribution >= 0.6 is 23.4 Å². The number of benzene rings is 3. The summed E-state index contributed by atoms with van der Waals surface area (Å²) in [4.78, 5) is 27.7. The van der Waals surface area contributed by atoms with Crippen molar-refractivity contribution in [1.29, 1.82) is 0 Å². The molecule has 0 spiro atoms. The van der Waals surface area contributed by atoms with Crippen LogP contribution in [-0.2, 0) is 11.3 Å². The third-order valence-corrected chi connectivity index (χ3v) is 6.30. The normalized spacial score (nSPS) is 19.7. The van der Waals surface area contributed by atoms with Gasteiger partial charge in [-0.2, -0.15) is 0 Å². The molecule has 1 aliphatic heterocycles. The van der Waals surface area contributed by atoms with E-state index in [0.29, 0.717) is 5.02 Å². The van der Waals surface area contributed by atoms with Gasteiger partial charge in [-0.05, 0) is 28.8 Å². The quantitative estimate of drug-likeness (QED) is 0.527. The highest BCUT2D eigenvalue weighted by atomic mass is 35.5. The maximum absolute atomic E-state index is 13.5. The summed E-state index contributed by atoms with van der Waals surface area (Å²) < 4.78 is 0. The Morgan fingerprint density at radius 3 is 1.96 bits per heavy atom. The fourth-order valence-corrected chi connectivity index (χ4v) is 4.75. The van der Waals surface area contributed by atoms with Crippen LogP contribution in [-0.4, -0.2) is 16.0 Å². The van der Waals surface area contributed by atoms with Crippen LogP contribution < -0.4 is 0 Å². The standard InChI is InChI=1S/C23H18ClNO2S/c24-19-13-11-16(12-14-19)15-25-22(26)20(17-7-3-1-4-8-17)21(28-23(25)27)18-9-5-2-6-10-18/h1-14,20-21H,15H2. The molecule has 2 unspecified atom stereocenters. The molecular formula is C23H18ClNO2S. The van der Waals surface area contributed by atoms with E-state index in [1.54, 1.807) is 12.1 Å². The number of nitrogens with zero attached hydrogens (tertiary/aromatic N) is 1. The minimum atomic E-state index is -0.418. The molecule has 5 heteroatoms. The number of hydrogen-bond acceptors (Lipinski definition) is 3. The molecule has 2 atom stereocenters. The van der Waals surface area contributed by atoms with Crippen molar-refractivity contribution in [2.75, 3.05) is 0 Å². The SMILES string of the molecule is O=C1SC(c2ccccc2)C(c2ccccc2)C(=O)N1Cc1ccc(Cl)cc1. The van der Waals surface area contributed by atoms with Crippen molar-refractivity contribution in [2.24, 2.45) is 0 Å². The summed E-state index contributed by atoms with van der Waals surface area (Å²) in [5, 5.41) is 0.159. The molecule has 0 radical (unpaired) electrons. The highest BCUT2D eigenvalue weighted by molar-refractivity contribution is 8.13. The molecule has 1 aliphatic rings. The lowest BCUT2D eigenvalue weighted by Crippen LogP contribution is -2.43. The first-order valence-corrected chi connectivity index (χ1v) is 10.3. The van der Waals surface area contributed by atoms with E-state index < -0.39 is 5.92 Å². The third kappa shape index (κ3) is 3.84. The summed E-state index contributed by atoms with van der Waals surface area (Å²) in [6.45, 7) is 0.243. The fraction of sp³-hybridized carbons (Fsp3) is 0.130. The van der Waals surface area contributed by atoms with E-state index in [0.717, 1.165) is 16.7 Å². The second-order valence-corrected chi connectivity index (χ2v) is 8.18. The lowest BCUT2D eigenvalue weighted by molar-refractivity contribution is -0.130. The molecule has 0 N–H and O–H groups in total. The van der Waals surface area contributed by atoms with Gasteiger partial charge >= 0.3 is 0 Å². The van der Waals surface area contributed by atoms with Gasteiger partial charge in [0.15, 0.2) is 0 Å². The van der Waals surface area contributed by atoms with Gasteiger partial charge in [0.05, 0.1) is 17.7 Å². The molecular weight excluding hydrogens is 390 g/mol. The number of thioether (sulfide) groups is 1. The molecule has 0 bridgehead atoms. The van der Waals surface area contributed by atoms with Crippen molar-refractivity contribution in [3.63, 3.8) is 0 Å². The van der Waals surface area contributed by atoms with Crippen molar-refractivity contribution in [3.05, 3.63) is 107 Å². The molecule has 0 aromatic heterocycles. The van der Waals surface area contributed by atoms with Gasteiger partial charge in [-0.3, -0.25) is 14.5 Å². The first kappa shape index (κ1) is 18.8. The topological polar surface area (TPSA) is 37.4 Å². The van der Waals surface area contributed by atoms with E-state index in [-0.39, 0.29) is 22.9 Å². The summed E-state index contributed by atoms with van der Waals surface area (Å²) in [6.07, 6.45) is 0. The summed E-state index contributed by atoms with van der Waals surface area (Å²) >= 11 is 7.17. The number of carbonyl (C=O) groups is 2. The molecule has 1 fully saturated rings. The number of hydrogen-bond donors (Lipinski definition) is 0. The Bertz CT molecular complexity index is 977. The first-order valence-electron chi connectivity index (χ1n) is 9.00. The number of halogens is 1. The first-order chi connectivity index (χ1) is 13.6. The van der Waals surface area contributed by atoms with Crippen LogP contribution in [0.1, 0.15) is 27.9 Å². The molecule has 3 aromatic carbocycles. The second kappa shape index (κ2) is 8.21. The van der Waals surface area contributed by atoms with Gasteiger partial charge in [0.25, 0.3) is 5.24 Å². The van der Waals surface area contributed by atoms with Gasteiger partial charge in [-0.15, -0.1) is 0 Å². The van der Waals surface area contributed by atoms with E-state index >= 15 is 0 Å². The molecule has 0 aliphatic carbocycles. The minimum Gasteiger partial charge on any atom is -0.274 e. The van der Waals surface area contributed by atoms with Crippen molar-refractivity contribution in [3.8, 4) is 0 Å². The van der Waals surface area contributed by atoms with Crippen LogP contribution in [0.5, 0.6) is 0 Å². The lowest BCUT2D eigenvalue weighted by atomic mass is 9.89. The Kier molecular flexibility index (Phi) is 5.51. The molecule has 28 heavy (non-hydrogen) atoms. The zero-order chi connectivity index (χ0) is 19.5. The summed E-state index contributed by atoms with van der Waals surface area (Å²) in [6, 6.07) is 26.7. The Balaban J connectivity index is 1.70. The Morgan fingerprint density at radius 1 is 0.786 bits per heavy atom. The van der Waals surface area contributed by atoms with Crippen LogP contribution in [0.15, 0.2) is 84.9 Å². The van der Waals surface area contributed by atoms with E-state index in [1.807, 2.05) is 72.8 Å². The smallest absolute Gasteiger partial charge is 0.274 e. The van der Waals surface area contributed by atoms with Crippen molar-refractivity contribution in [1.82, 2.24) is 4.90 Å². The summed E-state index contributed by atoms with van der Waals surface area (Å²) in [7, 11) is 0. The van der Waals surface area contributed by atoms with E-state index in [4.69, 9.17) is 11.6 Å². The largest absolute Gasteiger partial charge is 0.289 e. The van der Waals surface area contributed by atoms with Crippen LogP contribution in [0.2, 0.25) is 5.02 Å². The molecule has 3 aromatic rings. The average Bonchev–Trinajstić information content (AvgIpc) is 2.73. The number of amides is 2. The Labute approximate surface area is 173 Å². The van der Waals surface area contributed by atoms with E-state index in [2.05, 4.69) is 0 Å². The highest BCUT2D eigenvalue weighted by Gasteiger charge is 2.43. The van der Waals surface area contributed by atoms with Gasteiger partial charge in [-0.1, -0.05) is 96.2 Å². The van der Waals surface area contributed by atoms with Crippen LogP contribution in [0.3, 0.4) is 0 Å². The van der Waals surface area contributed by atoms with Crippen LogP contribution in [0.4, 0.5) is 4.79 Å². The number of rotatable bonds is 4. The van der Waals surface area contributed by atoms with Gasteiger partial charge in [-0.25, -0.2) is 0 Å². The van der Waals surface area contributed by atoms with Crippen LogP contribution in [0, 0.1) is 0 Å². The van der Waals surface area contributed by atoms with Crippen molar-refractivity contribution in [2.45, 2.75) is 17.7 Å². The molecule has 3 nitrogen and oxygen atoms in total. The summed E-state index contributed by atoms with van der Waals surface area (Å²) in [5.41, 5.74) is 2.77. The predicted molar refractivity (Wildman–Crippen MR) is 113 cm³/mol. The van der Waals surface area contributed by atoms with E-state index in [1.165, 1.54) is 16.7 Å². The van der Waals surface area contributed by atoms with Gasteiger partial charge in [0.2, 0.25) is 5.91 Å². The number of carbonyl (C=O) groups excluding carboxylic acids is 2. The zero-order valence-electron chi connectivity index (χ0n) is 15.0. The maximum atomic E-state index is 13.5. The number of imide groups is 1. The van der Waals surface area contributed by atoms with E-state index in [9.17, 15) is 9.59 Å². The molecule has 1 heterocycles. The maximum Gasteiger partial charge on any atom is 0.289 e. The molecule has 140 valence electrons. The second-order valence-electron chi connectivity index (χ2n) is 6.65. The Morgan fingerprint density at radius 2 is 1.36 bits per heavy atom. The van der Waals surface area contributed by atoms with Gasteiger partial charge in [0, 0.05) is 5.02 Å². The monoisotopic (exact) mass is 407 g/mol. The van der Waals surface area contributed by atoms with Crippen molar-refractivity contribution < 1.29 is 9.59 Å². The van der Waals surface area contributed by atoms with Gasteiger partial charge in [0.1, 0.15) is 0 Å². The van der Waals surface area contributed by atoms with Crippen molar-refractivity contribution >= 4 is 34.5 Å². The molecule has 2 amide bonds. The molecule has 0 saturated carbocycles. The predicted octanol–water partition coefficient (Wildman–Crippen LogP) is 6.06. The third-order valence-electron chi connectivity index (χ3n) is 4.82. The molecule has 4 rings (SSSR count). The highest BCUT2D eigenvalue weighted by Crippen LogP contribution is 2.47. The van der Waals surface area contributed by atoms with Crippen LogP contribution in [0.25, 0.3) is 0 Å². The van der Waals surface area contributed by atoms with Gasteiger partial charge < -0.3 is 0 Å². The average molecular weight is 408 g/mol. The lowest BCUT2D eigenvalue weighted by Gasteiger charge is -2.36.